The van der Waals surface area contributed by atoms with Crippen LogP contribution in [0.2, 0.25) is 0 Å². The second-order valence-corrected chi connectivity index (χ2v) is 1.03. The van der Waals surface area contributed by atoms with Crippen molar-refractivity contribution in [1.82, 2.24) is 0 Å². The maximum atomic E-state index is 8.11. The molecule has 2 nitrogen and oxygen atoms in total. The van der Waals surface area contributed by atoms with Gasteiger partial charge in [0.25, 0.3) is 0 Å². The normalized spacial score (nSPS) is 9.38. The molecule has 0 spiro atoms. The summed E-state index contributed by atoms with van der Waals surface area (Å²) in [7, 11) is 0. The van der Waals surface area contributed by atoms with Gasteiger partial charge < -0.3 is 35.0 Å². The van der Waals surface area contributed by atoms with Gasteiger partial charge >= 0.3 is 19.5 Å². The van der Waals surface area contributed by atoms with Gasteiger partial charge in [-0.25, -0.2) is 0 Å². The van der Waals surface area contributed by atoms with Crippen LogP contribution in [0.5, 0.6) is 0 Å². The minimum absolute atomic E-state index is 0. The second kappa shape index (κ2) is 15.7. The van der Waals surface area contributed by atoms with Crippen LogP contribution in [0.4, 0.5) is 0 Å². The molecule has 0 aromatic heterocycles. The van der Waals surface area contributed by atoms with Crippen molar-refractivity contribution in [2.24, 2.45) is 0 Å². The summed E-state index contributed by atoms with van der Waals surface area (Å²) in [6.07, 6.45) is -0.560. The summed E-state index contributed by atoms with van der Waals surface area (Å²) in [5.74, 6) is 0. The van der Waals surface area contributed by atoms with Gasteiger partial charge in [0.1, 0.15) is 0 Å². The van der Waals surface area contributed by atoms with E-state index in [0.29, 0.717) is 0 Å². The Hall–Kier alpha value is 1.12. The second-order valence-electron chi connectivity index (χ2n) is 1.03. The standard InChI is InChI=1S/C3H8O2.2ClH.Zn/c1-3(5)2-4;;;/h3-5H,2H2,1H3;2*1H;/q;;;+2/p-2. The minimum Gasteiger partial charge on any atom is -1.00 e. The number of hydrogen-bond donors (Lipinski definition) is 2. The fourth-order valence-corrected chi connectivity index (χ4v) is 0. The summed E-state index contributed by atoms with van der Waals surface area (Å²) in [6.45, 7) is 1.39. The predicted molar refractivity (Wildman–Crippen MR) is 18.8 cm³/mol. The first-order chi connectivity index (χ1) is 2.27. The average Bonchev–Trinajstić information content (AvgIpc) is 1.38. The summed E-state index contributed by atoms with van der Waals surface area (Å²) in [5.41, 5.74) is 0. The van der Waals surface area contributed by atoms with Crippen molar-refractivity contribution in [3.8, 4) is 0 Å². The molecular weight excluding hydrogens is 204 g/mol. The number of rotatable bonds is 1. The van der Waals surface area contributed by atoms with E-state index in [9.17, 15) is 0 Å². The molecule has 0 bridgehead atoms. The van der Waals surface area contributed by atoms with Gasteiger partial charge in [0.15, 0.2) is 0 Å². The first-order valence-electron chi connectivity index (χ1n) is 1.56. The quantitative estimate of drug-likeness (QED) is 0.424. The number of hydrogen-bond acceptors (Lipinski definition) is 2. The van der Waals surface area contributed by atoms with Gasteiger partial charge in [-0.3, -0.25) is 0 Å². The zero-order valence-corrected chi connectivity index (χ0v) is 9.12. The van der Waals surface area contributed by atoms with E-state index >= 15 is 0 Å². The van der Waals surface area contributed by atoms with Gasteiger partial charge in [0.2, 0.25) is 0 Å². The van der Waals surface area contributed by atoms with Gasteiger partial charge in [-0.1, -0.05) is 0 Å². The van der Waals surface area contributed by atoms with Crippen molar-refractivity contribution in [2.75, 3.05) is 6.61 Å². The largest absolute Gasteiger partial charge is 2.00 e. The summed E-state index contributed by atoms with van der Waals surface area (Å²) < 4.78 is 0. The van der Waals surface area contributed by atoms with E-state index < -0.39 is 6.10 Å². The zero-order chi connectivity index (χ0) is 4.28. The topological polar surface area (TPSA) is 40.5 Å². The van der Waals surface area contributed by atoms with Gasteiger partial charge in [0.05, 0.1) is 12.7 Å². The zero-order valence-electron chi connectivity index (χ0n) is 4.64. The molecule has 0 fully saturated rings. The molecule has 2 N–H and O–H groups in total. The molecule has 0 aliphatic heterocycles. The van der Waals surface area contributed by atoms with Crippen molar-refractivity contribution in [1.29, 1.82) is 0 Å². The first-order valence-corrected chi connectivity index (χ1v) is 1.56. The maximum Gasteiger partial charge on any atom is 2.00 e. The molecule has 0 aliphatic carbocycles. The Labute approximate surface area is 74.2 Å². The minimum atomic E-state index is -0.560. The number of halogens is 2. The van der Waals surface area contributed by atoms with E-state index in [2.05, 4.69) is 0 Å². The van der Waals surface area contributed by atoms with E-state index in [1.54, 1.807) is 0 Å². The molecule has 0 amide bonds. The molecular formula is C3H8Cl2O2Zn. The third kappa shape index (κ3) is 27.4. The van der Waals surface area contributed by atoms with Crippen LogP contribution < -0.4 is 24.8 Å². The van der Waals surface area contributed by atoms with Crippen LogP contribution in [0.25, 0.3) is 0 Å². The average molecular weight is 212 g/mol. The molecule has 0 aromatic rings. The Morgan fingerprint density at radius 1 is 1.38 bits per heavy atom. The molecule has 8 heavy (non-hydrogen) atoms. The molecule has 0 radical (unpaired) electrons. The van der Waals surface area contributed by atoms with E-state index in [-0.39, 0.29) is 50.9 Å². The van der Waals surface area contributed by atoms with Crippen LogP contribution in [-0.2, 0) is 19.5 Å². The van der Waals surface area contributed by atoms with E-state index in [1.807, 2.05) is 0 Å². The summed E-state index contributed by atoms with van der Waals surface area (Å²) in [6, 6.07) is 0. The van der Waals surface area contributed by atoms with Crippen LogP contribution >= 0.6 is 0 Å². The van der Waals surface area contributed by atoms with E-state index in [0.717, 1.165) is 0 Å². The molecule has 0 rings (SSSR count). The molecule has 5 heteroatoms. The maximum absolute atomic E-state index is 8.11. The van der Waals surface area contributed by atoms with E-state index in [4.69, 9.17) is 10.2 Å². The third-order valence-corrected chi connectivity index (χ3v) is 0.264. The first kappa shape index (κ1) is 22.9. The van der Waals surface area contributed by atoms with Crippen LogP contribution in [0.1, 0.15) is 6.92 Å². The Bertz CT molecular complexity index is 29.2. The Kier molecular flexibility index (Phi) is 45.0. The summed E-state index contributed by atoms with van der Waals surface area (Å²) >= 11 is 0. The Morgan fingerprint density at radius 2 is 1.50 bits per heavy atom. The monoisotopic (exact) mass is 210 g/mol. The smallest absolute Gasteiger partial charge is 1.00 e. The number of aliphatic hydroxyl groups excluding tert-OH is 2. The van der Waals surface area contributed by atoms with Gasteiger partial charge in [-0.2, -0.15) is 0 Å². The molecule has 0 saturated carbocycles. The van der Waals surface area contributed by atoms with Crippen molar-refractivity contribution >= 4 is 0 Å². The van der Waals surface area contributed by atoms with Gasteiger partial charge in [0, 0.05) is 0 Å². The van der Waals surface area contributed by atoms with Crippen molar-refractivity contribution in [3.05, 3.63) is 0 Å². The third-order valence-electron chi connectivity index (χ3n) is 0.264. The van der Waals surface area contributed by atoms with Crippen molar-refractivity contribution in [2.45, 2.75) is 13.0 Å². The van der Waals surface area contributed by atoms with Gasteiger partial charge in [-0.15, -0.1) is 0 Å². The van der Waals surface area contributed by atoms with Crippen molar-refractivity contribution < 1.29 is 54.5 Å². The van der Waals surface area contributed by atoms with E-state index in [1.165, 1.54) is 6.92 Å². The molecule has 48 valence electrons. The number of aliphatic hydroxyl groups is 2. The van der Waals surface area contributed by atoms with Crippen LogP contribution in [0.3, 0.4) is 0 Å². The fraction of sp³-hybridized carbons (Fsp3) is 1.00. The predicted octanol–water partition coefficient (Wildman–Crippen LogP) is -6.63. The molecule has 0 aromatic carbocycles. The molecule has 0 aliphatic rings. The van der Waals surface area contributed by atoms with Crippen LogP contribution in [0.15, 0.2) is 0 Å². The van der Waals surface area contributed by atoms with Crippen LogP contribution in [0, 0.1) is 0 Å². The SMILES string of the molecule is CC(O)CO.[Cl-].[Cl-].[Zn+2]. The molecule has 1 atom stereocenters. The fourth-order valence-electron chi connectivity index (χ4n) is 0. The van der Waals surface area contributed by atoms with Crippen molar-refractivity contribution in [3.63, 3.8) is 0 Å². The van der Waals surface area contributed by atoms with Gasteiger partial charge in [-0.05, 0) is 6.92 Å². The Balaban J connectivity index is -0.0000000267. The molecule has 0 saturated heterocycles. The van der Waals surface area contributed by atoms with Crippen LogP contribution in [-0.4, -0.2) is 22.9 Å². The summed E-state index contributed by atoms with van der Waals surface area (Å²) in [4.78, 5) is 0. The summed E-state index contributed by atoms with van der Waals surface area (Å²) in [5, 5.41) is 16.0. The Morgan fingerprint density at radius 3 is 1.50 bits per heavy atom. The molecule has 1 unspecified atom stereocenters. The molecule has 0 heterocycles.